The van der Waals surface area contributed by atoms with Crippen LogP contribution in [0.15, 0.2) is 0 Å². The van der Waals surface area contributed by atoms with E-state index in [1.807, 2.05) is 26.0 Å². The van der Waals surface area contributed by atoms with Crippen LogP contribution >= 0.6 is 0 Å². The highest BCUT2D eigenvalue weighted by molar-refractivity contribution is 4.44. The molecule has 0 radical (unpaired) electrons. The van der Waals surface area contributed by atoms with Crippen LogP contribution in [0.1, 0.15) is 51.9 Å². The lowest BCUT2D eigenvalue weighted by Crippen LogP contribution is -2.00. The first-order chi connectivity index (χ1) is 8.15. The molecule has 0 aromatic rings. The fraction of sp³-hybridized carbons (Fsp3) is 1.00. The van der Waals surface area contributed by atoms with Gasteiger partial charge in [-0.25, -0.2) is 0 Å². The number of rotatable bonds is 10. The van der Waals surface area contributed by atoms with Crippen molar-refractivity contribution in [1.82, 2.24) is 4.90 Å². The fourth-order valence-corrected chi connectivity index (χ4v) is 1.33. The van der Waals surface area contributed by atoms with Crippen molar-refractivity contribution in [2.45, 2.75) is 51.9 Å². The SMILES string of the molecule is CCCCCCCCCOCCO.CN(C)C. The minimum absolute atomic E-state index is 0.149. The standard InChI is InChI=1S/C11H24O2.C3H9N/c1-2-3-4-5-6-7-8-10-13-11-9-12;1-4(2)3/h12H,2-11H2,1H3;1-3H3. The van der Waals surface area contributed by atoms with Crippen molar-refractivity contribution in [2.24, 2.45) is 0 Å². The molecule has 0 aromatic heterocycles. The molecule has 106 valence electrons. The molecule has 0 atom stereocenters. The van der Waals surface area contributed by atoms with E-state index < -0.39 is 0 Å². The maximum atomic E-state index is 8.44. The average Bonchev–Trinajstić information content (AvgIpc) is 2.26. The molecule has 0 fully saturated rings. The molecule has 3 nitrogen and oxygen atoms in total. The summed E-state index contributed by atoms with van der Waals surface area (Å²) in [5.41, 5.74) is 0. The minimum atomic E-state index is 0.149. The van der Waals surface area contributed by atoms with Gasteiger partial charge in [0.2, 0.25) is 0 Å². The lowest BCUT2D eigenvalue weighted by molar-refractivity contribution is 0.0895. The van der Waals surface area contributed by atoms with Crippen LogP contribution in [0.25, 0.3) is 0 Å². The second-order valence-electron chi connectivity index (χ2n) is 4.80. The van der Waals surface area contributed by atoms with Crippen molar-refractivity contribution in [3.63, 3.8) is 0 Å². The van der Waals surface area contributed by atoms with E-state index in [2.05, 4.69) is 6.92 Å². The Bertz CT molecular complexity index is 106. The zero-order valence-electron chi connectivity index (χ0n) is 12.4. The Morgan fingerprint density at radius 1 is 0.824 bits per heavy atom. The lowest BCUT2D eigenvalue weighted by atomic mass is 10.1. The quantitative estimate of drug-likeness (QED) is 0.603. The Morgan fingerprint density at radius 3 is 1.76 bits per heavy atom. The molecule has 0 bridgehead atoms. The lowest BCUT2D eigenvalue weighted by Gasteiger charge is -2.02. The van der Waals surface area contributed by atoms with Crippen molar-refractivity contribution >= 4 is 0 Å². The number of hydrogen-bond donors (Lipinski definition) is 1. The van der Waals surface area contributed by atoms with Gasteiger partial charge in [0.05, 0.1) is 13.2 Å². The van der Waals surface area contributed by atoms with Gasteiger partial charge in [-0.3, -0.25) is 0 Å². The molecule has 3 heteroatoms. The molecule has 0 amide bonds. The summed E-state index contributed by atoms with van der Waals surface area (Å²) in [5.74, 6) is 0. The van der Waals surface area contributed by atoms with Crippen LogP contribution in [-0.4, -0.2) is 51.0 Å². The molecular weight excluding hydrogens is 214 g/mol. The largest absolute Gasteiger partial charge is 0.394 e. The summed E-state index contributed by atoms with van der Waals surface area (Å²) >= 11 is 0. The molecule has 0 saturated heterocycles. The highest BCUT2D eigenvalue weighted by Crippen LogP contribution is 2.06. The summed E-state index contributed by atoms with van der Waals surface area (Å²) in [6.07, 6.45) is 9.20. The summed E-state index contributed by atoms with van der Waals surface area (Å²) in [7, 11) is 6.00. The van der Waals surface area contributed by atoms with E-state index in [1.165, 1.54) is 38.5 Å². The van der Waals surface area contributed by atoms with Crippen LogP contribution < -0.4 is 0 Å². The van der Waals surface area contributed by atoms with Gasteiger partial charge in [0.15, 0.2) is 0 Å². The van der Waals surface area contributed by atoms with Crippen molar-refractivity contribution < 1.29 is 9.84 Å². The van der Waals surface area contributed by atoms with Crippen molar-refractivity contribution in [3.05, 3.63) is 0 Å². The van der Waals surface area contributed by atoms with E-state index in [0.29, 0.717) is 6.61 Å². The molecular formula is C14H33NO2. The maximum absolute atomic E-state index is 8.44. The monoisotopic (exact) mass is 247 g/mol. The number of aliphatic hydroxyl groups excluding tert-OH is 1. The van der Waals surface area contributed by atoms with Gasteiger partial charge in [-0.15, -0.1) is 0 Å². The predicted octanol–water partition coefficient (Wildman–Crippen LogP) is 2.92. The molecule has 17 heavy (non-hydrogen) atoms. The summed E-state index contributed by atoms with van der Waals surface area (Å²) in [6.45, 7) is 3.70. The Morgan fingerprint density at radius 2 is 1.29 bits per heavy atom. The minimum Gasteiger partial charge on any atom is -0.394 e. The second kappa shape index (κ2) is 18.3. The second-order valence-corrected chi connectivity index (χ2v) is 4.80. The molecule has 0 aliphatic rings. The van der Waals surface area contributed by atoms with Gasteiger partial charge >= 0.3 is 0 Å². The third kappa shape index (κ3) is 31.3. The summed E-state index contributed by atoms with van der Waals surface area (Å²) < 4.78 is 5.16. The van der Waals surface area contributed by atoms with Gasteiger partial charge in [0, 0.05) is 6.61 Å². The van der Waals surface area contributed by atoms with E-state index in [4.69, 9.17) is 9.84 Å². The average molecular weight is 247 g/mol. The van der Waals surface area contributed by atoms with Crippen LogP contribution in [0.4, 0.5) is 0 Å². The smallest absolute Gasteiger partial charge is 0.0697 e. The molecule has 0 spiro atoms. The Kier molecular flexibility index (Phi) is 20.6. The zero-order chi connectivity index (χ0) is 13.4. The highest BCUT2D eigenvalue weighted by atomic mass is 16.5. The van der Waals surface area contributed by atoms with Crippen LogP contribution in [-0.2, 0) is 4.74 Å². The van der Waals surface area contributed by atoms with Crippen LogP contribution in [0.2, 0.25) is 0 Å². The number of aliphatic hydroxyl groups is 1. The van der Waals surface area contributed by atoms with E-state index in [-0.39, 0.29) is 6.61 Å². The first kappa shape index (κ1) is 19.2. The zero-order valence-corrected chi connectivity index (χ0v) is 12.4. The highest BCUT2D eigenvalue weighted by Gasteiger charge is 1.90. The van der Waals surface area contributed by atoms with Gasteiger partial charge in [-0.1, -0.05) is 45.4 Å². The Hall–Kier alpha value is -0.120. The molecule has 0 aliphatic heterocycles. The predicted molar refractivity (Wildman–Crippen MR) is 75.5 cm³/mol. The molecule has 0 unspecified atom stereocenters. The van der Waals surface area contributed by atoms with Crippen molar-refractivity contribution in [2.75, 3.05) is 41.0 Å². The summed E-state index contributed by atoms with van der Waals surface area (Å²) in [5, 5.41) is 8.44. The molecule has 0 aromatic carbocycles. The van der Waals surface area contributed by atoms with E-state index >= 15 is 0 Å². The number of unbranched alkanes of at least 4 members (excludes halogenated alkanes) is 6. The van der Waals surface area contributed by atoms with Crippen LogP contribution in [0.5, 0.6) is 0 Å². The number of nitrogens with zero attached hydrogens (tertiary/aromatic N) is 1. The Labute approximate surface area is 108 Å². The van der Waals surface area contributed by atoms with E-state index in [1.54, 1.807) is 0 Å². The maximum Gasteiger partial charge on any atom is 0.0697 e. The molecule has 0 aliphatic carbocycles. The van der Waals surface area contributed by atoms with Gasteiger partial charge in [0.25, 0.3) is 0 Å². The normalized spacial score (nSPS) is 10.2. The van der Waals surface area contributed by atoms with Gasteiger partial charge in [0.1, 0.15) is 0 Å². The number of hydrogen-bond acceptors (Lipinski definition) is 3. The Balaban J connectivity index is 0. The topological polar surface area (TPSA) is 32.7 Å². The molecule has 0 saturated carbocycles. The van der Waals surface area contributed by atoms with Gasteiger partial charge in [-0.05, 0) is 27.6 Å². The van der Waals surface area contributed by atoms with Gasteiger partial charge in [-0.2, -0.15) is 0 Å². The first-order valence-electron chi connectivity index (χ1n) is 6.94. The fourth-order valence-electron chi connectivity index (χ4n) is 1.33. The van der Waals surface area contributed by atoms with Crippen molar-refractivity contribution in [3.8, 4) is 0 Å². The molecule has 0 heterocycles. The van der Waals surface area contributed by atoms with Crippen molar-refractivity contribution in [1.29, 1.82) is 0 Å². The molecule has 1 N–H and O–H groups in total. The van der Waals surface area contributed by atoms with E-state index in [9.17, 15) is 0 Å². The third-order valence-electron chi connectivity index (χ3n) is 2.13. The number of ether oxygens (including phenoxy) is 1. The van der Waals surface area contributed by atoms with E-state index in [0.717, 1.165) is 13.0 Å². The van der Waals surface area contributed by atoms with Gasteiger partial charge < -0.3 is 14.7 Å². The van der Waals surface area contributed by atoms with Crippen LogP contribution in [0, 0.1) is 0 Å². The van der Waals surface area contributed by atoms with Crippen LogP contribution in [0.3, 0.4) is 0 Å². The first-order valence-corrected chi connectivity index (χ1v) is 6.94. The third-order valence-corrected chi connectivity index (χ3v) is 2.13. The molecule has 0 rings (SSSR count). The summed E-state index contributed by atoms with van der Waals surface area (Å²) in [6, 6.07) is 0. The summed E-state index contributed by atoms with van der Waals surface area (Å²) in [4.78, 5) is 2.00.